The van der Waals surface area contributed by atoms with Gasteiger partial charge in [0.2, 0.25) is 0 Å². The van der Waals surface area contributed by atoms with E-state index in [1.54, 1.807) is 18.3 Å². The van der Waals surface area contributed by atoms with Gasteiger partial charge in [-0.1, -0.05) is 0 Å². The van der Waals surface area contributed by atoms with Gasteiger partial charge in [0, 0.05) is 36.2 Å². The van der Waals surface area contributed by atoms with Crippen molar-refractivity contribution in [3.05, 3.63) is 66.0 Å². The number of hydrogen-bond donors (Lipinski definition) is 1. The number of aryl methyl sites for hydroxylation is 1. The first-order valence-corrected chi connectivity index (χ1v) is 8.16. The van der Waals surface area contributed by atoms with Crippen LogP contribution < -0.4 is 5.32 Å². The van der Waals surface area contributed by atoms with Crippen molar-refractivity contribution in [2.24, 2.45) is 0 Å². The van der Waals surface area contributed by atoms with Crippen LogP contribution in [0.2, 0.25) is 0 Å². The van der Waals surface area contributed by atoms with Crippen molar-refractivity contribution in [1.82, 2.24) is 24.9 Å². The minimum Gasteiger partial charge on any atom is -0.310 e. The predicted molar refractivity (Wildman–Crippen MR) is 91.5 cm³/mol. The molecule has 3 aromatic rings. The summed E-state index contributed by atoms with van der Waals surface area (Å²) in [5, 5.41) is 12.2. The largest absolute Gasteiger partial charge is 0.310 e. The Morgan fingerprint density at radius 3 is 2.71 bits per heavy atom. The highest BCUT2D eigenvalue weighted by molar-refractivity contribution is 5.35. The maximum Gasteiger partial charge on any atom is 0.123 e. The molecule has 3 rings (SSSR count). The summed E-state index contributed by atoms with van der Waals surface area (Å²) in [7, 11) is 0. The fourth-order valence-corrected chi connectivity index (χ4v) is 2.79. The molecule has 1 atom stereocenters. The quantitative estimate of drug-likeness (QED) is 0.678. The van der Waals surface area contributed by atoms with E-state index in [0.29, 0.717) is 0 Å². The molecule has 2 aromatic heterocycles. The van der Waals surface area contributed by atoms with Crippen molar-refractivity contribution in [2.75, 3.05) is 6.54 Å². The molecule has 1 aromatic carbocycles. The molecule has 5 nitrogen and oxygen atoms in total. The number of hydrogen-bond acceptors (Lipinski definition) is 3. The lowest BCUT2D eigenvalue weighted by Gasteiger charge is -2.14. The first-order chi connectivity index (χ1) is 11.6. The van der Waals surface area contributed by atoms with Crippen molar-refractivity contribution in [3.8, 4) is 5.69 Å². The fraction of sp³-hybridized carbons (Fsp3) is 0.333. The summed E-state index contributed by atoms with van der Waals surface area (Å²) >= 11 is 0. The number of benzene rings is 1. The Kier molecular flexibility index (Phi) is 5.05. The lowest BCUT2D eigenvalue weighted by Crippen LogP contribution is -2.21. The minimum atomic E-state index is -0.240. The highest BCUT2D eigenvalue weighted by Crippen LogP contribution is 2.20. The van der Waals surface area contributed by atoms with Crippen molar-refractivity contribution >= 4 is 0 Å². The molecule has 0 unspecified atom stereocenters. The van der Waals surface area contributed by atoms with Crippen LogP contribution in [0.25, 0.3) is 5.69 Å². The third-order valence-electron chi connectivity index (χ3n) is 4.16. The van der Waals surface area contributed by atoms with Crippen LogP contribution in [0.5, 0.6) is 0 Å². The molecule has 0 aliphatic carbocycles. The summed E-state index contributed by atoms with van der Waals surface area (Å²) in [4.78, 5) is 0. The Morgan fingerprint density at radius 1 is 1.21 bits per heavy atom. The zero-order chi connectivity index (χ0) is 16.9. The average Bonchev–Trinajstić information content (AvgIpc) is 3.22. The maximum absolute atomic E-state index is 13.1. The molecule has 0 bridgehead atoms. The average molecular weight is 327 g/mol. The number of nitrogens with one attached hydrogen (secondary N) is 1. The topological polar surface area (TPSA) is 47.7 Å². The third kappa shape index (κ3) is 3.71. The molecule has 2 heterocycles. The lowest BCUT2D eigenvalue weighted by molar-refractivity contribution is 0.506. The van der Waals surface area contributed by atoms with E-state index in [-0.39, 0.29) is 11.9 Å². The molecular weight excluding hydrogens is 305 g/mol. The molecule has 0 spiro atoms. The van der Waals surface area contributed by atoms with Crippen LogP contribution in [0.4, 0.5) is 4.39 Å². The fourth-order valence-electron chi connectivity index (χ4n) is 2.79. The zero-order valence-corrected chi connectivity index (χ0v) is 14.0. The van der Waals surface area contributed by atoms with E-state index in [1.807, 2.05) is 34.7 Å². The van der Waals surface area contributed by atoms with Crippen LogP contribution in [-0.4, -0.2) is 26.1 Å². The van der Waals surface area contributed by atoms with E-state index in [9.17, 15) is 4.39 Å². The Hall–Kier alpha value is -2.47. The number of rotatable bonds is 7. The van der Waals surface area contributed by atoms with E-state index >= 15 is 0 Å². The molecule has 0 aliphatic heterocycles. The molecule has 1 N–H and O–H groups in total. The van der Waals surface area contributed by atoms with Crippen LogP contribution >= 0.6 is 0 Å². The Labute approximate surface area is 141 Å². The molecular formula is C18H22FN5. The molecule has 0 aliphatic rings. The number of aromatic nitrogens is 4. The minimum absolute atomic E-state index is 0.205. The highest BCUT2D eigenvalue weighted by atomic mass is 19.1. The summed E-state index contributed by atoms with van der Waals surface area (Å²) < 4.78 is 16.8. The van der Waals surface area contributed by atoms with Crippen molar-refractivity contribution in [3.63, 3.8) is 0 Å². The van der Waals surface area contributed by atoms with Crippen molar-refractivity contribution < 1.29 is 4.39 Å². The molecule has 24 heavy (non-hydrogen) atoms. The molecule has 0 fully saturated rings. The van der Waals surface area contributed by atoms with Gasteiger partial charge in [0.25, 0.3) is 0 Å². The standard InChI is InChI=1S/C18H22FN5/c1-14(20-9-3-11-23-12-4-10-21-23)18-13-22-24(15(18)2)17-7-5-16(19)6-8-17/h4-8,10,12-14,20H,3,9,11H2,1-2H3/t14-/m0/s1. The van der Waals surface area contributed by atoms with Crippen molar-refractivity contribution in [2.45, 2.75) is 32.9 Å². The second-order valence-electron chi connectivity index (χ2n) is 5.87. The van der Waals surface area contributed by atoms with Crippen LogP contribution in [0.1, 0.15) is 30.6 Å². The van der Waals surface area contributed by atoms with Crippen LogP contribution in [0, 0.1) is 12.7 Å². The van der Waals surface area contributed by atoms with Gasteiger partial charge in [-0.25, -0.2) is 9.07 Å². The van der Waals surface area contributed by atoms with E-state index in [1.165, 1.54) is 12.1 Å². The van der Waals surface area contributed by atoms with Gasteiger partial charge in [0.05, 0.1) is 11.9 Å². The third-order valence-corrected chi connectivity index (χ3v) is 4.16. The number of halogens is 1. The summed E-state index contributed by atoms with van der Waals surface area (Å²) in [6.07, 6.45) is 6.66. The molecule has 0 saturated carbocycles. The number of nitrogens with zero attached hydrogens (tertiary/aromatic N) is 4. The smallest absolute Gasteiger partial charge is 0.123 e. The summed E-state index contributed by atoms with van der Waals surface area (Å²) in [5.74, 6) is -0.240. The Balaban J connectivity index is 1.59. The van der Waals surface area contributed by atoms with Crippen LogP contribution in [0.15, 0.2) is 48.9 Å². The van der Waals surface area contributed by atoms with Gasteiger partial charge < -0.3 is 5.32 Å². The molecule has 0 saturated heterocycles. The monoisotopic (exact) mass is 327 g/mol. The normalized spacial score (nSPS) is 12.5. The van der Waals surface area contributed by atoms with Gasteiger partial charge in [0.15, 0.2) is 0 Å². The zero-order valence-electron chi connectivity index (χ0n) is 14.0. The summed E-state index contributed by atoms with van der Waals surface area (Å²) in [5.41, 5.74) is 3.08. The van der Waals surface area contributed by atoms with E-state index in [4.69, 9.17) is 0 Å². The first-order valence-electron chi connectivity index (χ1n) is 8.16. The van der Waals surface area contributed by atoms with Gasteiger partial charge in [-0.05, 0) is 57.1 Å². The molecule has 6 heteroatoms. The van der Waals surface area contributed by atoms with Gasteiger partial charge in [-0.2, -0.15) is 10.2 Å². The van der Waals surface area contributed by atoms with Crippen LogP contribution in [-0.2, 0) is 6.54 Å². The van der Waals surface area contributed by atoms with E-state index < -0.39 is 0 Å². The van der Waals surface area contributed by atoms with E-state index in [0.717, 1.165) is 36.5 Å². The van der Waals surface area contributed by atoms with Crippen LogP contribution in [0.3, 0.4) is 0 Å². The SMILES string of the molecule is Cc1c([C@H](C)NCCCn2cccn2)cnn1-c1ccc(F)cc1. The molecule has 0 radical (unpaired) electrons. The van der Waals surface area contributed by atoms with Gasteiger partial charge in [0.1, 0.15) is 5.82 Å². The second kappa shape index (κ2) is 7.40. The van der Waals surface area contributed by atoms with Gasteiger partial charge in [-0.3, -0.25) is 4.68 Å². The van der Waals surface area contributed by atoms with Crippen molar-refractivity contribution in [1.29, 1.82) is 0 Å². The van der Waals surface area contributed by atoms with Gasteiger partial charge >= 0.3 is 0 Å². The lowest BCUT2D eigenvalue weighted by atomic mass is 10.1. The Morgan fingerprint density at radius 2 is 2.00 bits per heavy atom. The molecule has 0 amide bonds. The summed E-state index contributed by atoms with van der Waals surface area (Å²) in [6.45, 7) is 5.98. The Bertz CT molecular complexity index is 761. The first kappa shape index (κ1) is 16.4. The second-order valence-corrected chi connectivity index (χ2v) is 5.87. The van der Waals surface area contributed by atoms with E-state index in [2.05, 4.69) is 22.4 Å². The maximum atomic E-state index is 13.1. The van der Waals surface area contributed by atoms with Gasteiger partial charge in [-0.15, -0.1) is 0 Å². The molecule has 126 valence electrons. The summed E-state index contributed by atoms with van der Waals surface area (Å²) in [6, 6.07) is 8.52. The predicted octanol–water partition coefficient (Wildman–Crippen LogP) is 3.26. The highest BCUT2D eigenvalue weighted by Gasteiger charge is 2.13.